The summed E-state index contributed by atoms with van der Waals surface area (Å²) in [5.74, 6) is -0.388. The number of nitrogens with two attached hydrogens (primary N) is 2. The lowest BCUT2D eigenvalue weighted by Crippen LogP contribution is -2.37. The summed E-state index contributed by atoms with van der Waals surface area (Å²) in [4.78, 5) is 30.6. The molecule has 0 saturated heterocycles. The van der Waals surface area contributed by atoms with Crippen LogP contribution in [0.3, 0.4) is 0 Å². The molecule has 1 aliphatic rings. The molecule has 0 radical (unpaired) electrons. The minimum atomic E-state index is -0.446. The van der Waals surface area contributed by atoms with Crippen molar-refractivity contribution in [2.24, 2.45) is 11.5 Å². The Balaban J connectivity index is 1.61. The topological polar surface area (TPSA) is 176 Å². The van der Waals surface area contributed by atoms with Crippen molar-refractivity contribution >= 4 is 35.0 Å². The normalized spacial score (nSPS) is 13.0. The minimum Gasteiger partial charge on any atom is -0.384 e. The van der Waals surface area contributed by atoms with Gasteiger partial charge in [0.25, 0.3) is 5.56 Å². The standard InChI is InChI=1S/C25H27ClN8O2/c26-21-20(15-8-10-17(11-9-15)23(29)30)34(25(36)24(33-21)32-18-2-1-3-18)13-19(35)31-12-14-4-6-16(7-5-14)22(27)28/h4-11,18H,1-3,12-13H2,(H3,27,28)(H3,29,30)(H,31,35)(H,32,33). The summed E-state index contributed by atoms with van der Waals surface area (Å²) < 4.78 is 1.31. The van der Waals surface area contributed by atoms with Gasteiger partial charge in [-0.15, -0.1) is 0 Å². The molecular weight excluding hydrogens is 480 g/mol. The molecule has 1 saturated carbocycles. The lowest BCUT2D eigenvalue weighted by molar-refractivity contribution is -0.121. The number of hydrogen-bond acceptors (Lipinski definition) is 6. The third-order valence-electron chi connectivity index (χ3n) is 6.09. The molecule has 0 aliphatic heterocycles. The highest BCUT2D eigenvalue weighted by molar-refractivity contribution is 6.32. The molecule has 186 valence electrons. The van der Waals surface area contributed by atoms with E-state index in [0.717, 1.165) is 24.8 Å². The first kappa shape index (κ1) is 24.9. The van der Waals surface area contributed by atoms with Gasteiger partial charge in [0.2, 0.25) is 5.91 Å². The Bertz CT molecular complexity index is 1360. The van der Waals surface area contributed by atoms with E-state index in [4.69, 9.17) is 33.9 Å². The fourth-order valence-corrected chi connectivity index (χ4v) is 4.11. The molecule has 11 heteroatoms. The molecule has 1 heterocycles. The fourth-order valence-electron chi connectivity index (χ4n) is 3.82. The zero-order valence-electron chi connectivity index (χ0n) is 19.5. The lowest BCUT2D eigenvalue weighted by atomic mass is 9.93. The second-order valence-electron chi connectivity index (χ2n) is 8.64. The number of rotatable bonds is 9. The molecule has 4 rings (SSSR count). The highest BCUT2D eigenvalue weighted by Gasteiger charge is 2.23. The quantitative estimate of drug-likeness (QED) is 0.192. The first-order valence-electron chi connectivity index (χ1n) is 11.4. The molecule has 1 fully saturated rings. The van der Waals surface area contributed by atoms with Crippen LogP contribution in [0.5, 0.6) is 0 Å². The van der Waals surface area contributed by atoms with Crippen molar-refractivity contribution in [1.29, 1.82) is 10.8 Å². The van der Waals surface area contributed by atoms with Gasteiger partial charge in [0.05, 0.1) is 5.69 Å². The Hall–Kier alpha value is -4.18. The Labute approximate surface area is 212 Å². The van der Waals surface area contributed by atoms with E-state index in [1.165, 1.54) is 4.57 Å². The second-order valence-corrected chi connectivity index (χ2v) is 9.00. The molecule has 1 aromatic heterocycles. The van der Waals surface area contributed by atoms with Gasteiger partial charge in [-0.05, 0) is 24.8 Å². The second kappa shape index (κ2) is 10.6. The number of nitrogens with zero attached hydrogens (tertiary/aromatic N) is 2. The van der Waals surface area contributed by atoms with E-state index in [0.29, 0.717) is 22.4 Å². The van der Waals surface area contributed by atoms with E-state index >= 15 is 0 Å². The third-order valence-corrected chi connectivity index (χ3v) is 6.36. The summed E-state index contributed by atoms with van der Waals surface area (Å²) in [6.07, 6.45) is 2.96. The number of carbonyl (C=O) groups excluding carboxylic acids is 1. The van der Waals surface area contributed by atoms with Gasteiger partial charge in [0.1, 0.15) is 18.2 Å². The third kappa shape index (κ3) is 5.55. The van der Waals surface area contributed by atoms with Crippen LogP contribution in [-0.2, 0) is 17.9 Å². The Morgan fingerprint density at radius 2 is 1.61 bits per heavy atom. The minimum absolute atomic E-state index is 0.0327. The summed E-state index contributed by atoms with van der Waals surface area (Å²) in [7, 11) is 0. The number of nitrogen functional groups attached to an aromatic ring is 2. The predicted octanol–water partition coefficient (Wildman–Crippen LogP) is 2.41. The summed E-state index contributed by atoms with van der Waals surface area (Å²) >= 11 is 6.55. The molecule has 10 nitrogen and oxygen atoms in total. The maximum atomic E-state index is 13.4. The Morgan fingerprint density at radius 1 is 1.03 bits per heavy atom. The van der Waals surface area contributed by atoms with Crippen molar-refractivity contribution in [2.45, 2.75) is 38.4 Å². The predicted molar refractivity (Wildman–Crippen MR) is 141 cm³/mol. The van der Waals surface area contributed by atoms with Gasteiger partial charge in [-0.2, -0.15) is 0 Å². The molecule has 8 N–H and O–H groups in total. The molecule has 0 spiro atoms. The summed E-state index contributed by atoms with van der Waals surface area (Å²) in [5, 5.41) is 21.1. The number of benzene rings is 2. The molecule has 1 aliphatic carbocycles. The van der Waals surface area contributed by atoms with Crippen molar-refractivity contribution < 1.29 is 4.79 Å². The zero-order valence-corrected chi connectivity index (χ0v) is 20.2. The first-order valence-corrected chi connectivity index (χ1v) is 11.8. The number of nitrogens with one attached hydrogen (secondary N) is 4. The van der Waals surface area contributed by atoms with Crippen molar-refractivity contribution in [2.75, 3.05) is 5.32 Å². The van der Waals surface area contributed by atoms with Crippen LogP contribution in [0.15, 0.2) is 53.3 Å². The zero-order chi connectivity index (χ0) is 25.8. The molecular formula is C25H27ClN8O2. The van der Waals surface area contributed by atoms with E-state index in [9.17, 15) is 9.59 Å². The molecule has 0 bridgehead atoms. The van der Waals surface area contributed by atoms with Crippen LogP contribution >= 0.6 is 11.6 Å². The molecule has 3 aromatic rings. The van der Waals surface area contributed by atoms with Crippen molar-refractivity contribution in [3.63, 3.8) is 0 Å². The van der Waals surface area contributed by atoms with Gasteiger partial charge in [-0.3, -0.25) is 25.0 Å². The van der Waals surface area contributed by atoms with Crippen molar-refractivity contribution in [3.05, 3.63) is 80.7 Å². The number of hydrogen-bond donors (Lipinski definition) is 6. The van der Waals surface area contributed by atoms with E-state index in [1.807, 2.05) is 0 Å². The van der Waals surface area contributed by atoms with Gasteiger partial charge >= 0.3 is 0 Å². The van der Waals surface area contributed by atoms with Crippen LogP contribution in [0.2, 0.25) is 5.15 Å². The number of anilines is 1. The number of amides is 1. The Kier molecular flexibility index (Phi) is 7.35. The van der Waals surface area contributed by atoms with E-state index in [2.05, 4.69) is 15.6 Å². The van der Waals surface area contributed by atoms with Gasteiger partial charge in [0, 0.05) is 29.3 Å². The number of aromatic nitrogens is 2. The molecule has 36 heavy (non-hydrogen) atoms. The maximum absolute atomic E-state index is 13.4. The largest absolute Gasteiger partial charge is 0.384 e. The molecule has 2 aromatic carbocycles. The van der Waals surface area contributed by atoms with Crippen LogP contribution in [0.4, 0.5) is 5.82 Å². The average Bonchev–Trinajstić information content (AvgIpc) is 2.83. The number of amidine groups is 2. The molecule has 0 atom stereocenters. The van der Waals surface area contributed by atoms with Crippen LogP contribution < -0.4 is 27.7 Å². The van der Waals surface area contributed by atoms with E-state index in [1.54, 1.807) is 48.5 Å². The van der Waals surface area contributed by atoms with Gasteiger partial charge in [-0.1, -0.05) is 60.1 Å². The van der Waals surface area contributed by atoms with Crippen LogP contribution in [0.25, 0.3) is 11.3 Å². The highest BCUT2D eigenvalue weighted by atomic mass is 35.5. The average molecular weight is 507 g/mol. The first-order chi connectivity index (χ1) is 17.2. The SMILES string of the molecule is N=C(N)c1ccc(CNC(=O)Cn2c(-c3ccc(C(=N)N)cc3)c(Cl)nc(NC3CCC3)c2=O)cc1. The monoisotopic (exact) mass is 506 g/mol. The van der Waals surface area contributed by atoms with E-state index < -0.39 is 5.56 Å². The smallest absolute Gasteiger partial charge is 0.294 e. The highest BCUT2D eigenvalue weighted by Crippen LogP contribution is 2.28. The molecule has 0 unspecified atom stereocenters. The van der Waals surface area contributed by atoms with Gasteiger partial charge < -0.3 is 22.1 Å². The molecule has 1 amide bonds. The van der Waals surface area contributed by atoms with Crippen LogP contribution in [0.1, 0.15) is 36.0 Å². The van der Waals surface area contributed by atoms with Crippen molar-refractivity contribution in [3.8, 4) is 11.3 Å². The lowest BCUT2D eigenvalue weighted by Gasteiger charge is -2.27. The summed E-state index contributed by atoms with van der Waals surface area (Å²) in [5.41, 5.74) is 13.4. The van der Waals surface area contributed by atoms with E-state index in [-0.39, 0.29) is 47.7 Å². The van der Waals surface area contributed by atoms with Crippen LogP contribution in [0, 0.1) is 10.8 Å². The number of carbonyl (C=O) groups is 1. The number of halogens is 1. The maximum Gasteiger partial charge on any atom is 0.294 e. The summed E-state index contributed by atoms with van der Waals surface area (Å²) in [6, 6.07) is 13.8. The van der Waals surface area contributed by atoms with Gasteiger partial charge in [0.15, 0.2) is 11.0 Å². The van der Waals surface area contributed by atoms with Crippen molar-refractivity contribution in [1.82, 2.24) is 14.9 Å². The Morgan fingerprint density at radius 3 is 2.14 bits per heavy atom. The fraction of sp³-hybridized carbons (Fsp3) is 0.240. The van der Waals surface area contributed by atoms with Crippen LogP contribution in [-0.4, -0.2) is 33.2 Å². The van der Waals surface area contributed by atoms with Gasteiger partial charge in [-0.25, -0.2) is 4.98 Å². The summed E-state index contributed by atoms with van der Waals surface area (Å²) in [6.45, 7) is -0.0316.